The molecule has 17 heavy (non-hydrogen) atoms. The Morgan fingerprint density at radius 1 is 1.53 bits per heavy atom. The summed E-state index contributed by atoms with van der Waals surface area (Å²) in [6.07, 6.45) is 6.78. The van der Waals surface area contributed by atoms with Gasteiger partial charge in [-0.2, -0.15) is 0 Å². The third-order valence-corrected chi connectivity index (χ3v) is 2.59. The second kappa shape index (κ2) is 4.30. The van der Waals surface area contributed by atoms with E-state index < -0.39 is 0 Å². The third-order valence-electron chi connectivity index (χ3n) is 2.59. The van der Waals surface area contributed by atoms with Crippen LogP contribution in [0.4, 0.5) is 10.2 Å². The number of benzene rings is 1. The first kappa shape index (κ1) is 11.2. The van der Waals surface area contributed by atoms with Gasteiger partial charge in [-0.1, -0.05) is 12.0 Å². The molecule has 3 nitrogen and oxygen atoms in total. The number of nitrogen functional groups attached to an aromatic ring is 1. The van der Waals surface area contributed by atoms with E-state index in [1.165, 1.54) is 12.1 Å². The zero-order valence-corrected chi connectivity index (χ0v) is 9.44. The Kier molecular flexibility index (Phi) is 2.84. The van der Waals surface area contributed by atoms with Crippen LogP contribution < -0.4 is 5.73 Å². The van der Waals surface area contributed by atoms with Gasteiger partial charge >= 0.3 is 0 Å². The van der Waals surface area contributed by atoms with Gasteiger partial charge in [0.1, 0.15) is 17.3 Å². The van der Waals surface area contributed by atoms with Crippen molar-refractivity contribution in [2.24, 2.45) is 0 Å². The standard InChI is InChI=1S/C13H12FN3/c1-3-6-17-8-16-12(13(17)15)11-7-10(14)5-4-9(11)2/h1,4-5,7-8H,6,15H2,2H3. The molecular formula is C13H12FN3. The molecule has 1 heterocycles. The highest BCUT2D eigenvalue weighted by Crippen LogP contribution is 2.27. The van der Waals surface area contributed by atoms with Gasteiger partial charge in [0.25, 0.3) is 0 Å². The number of hydrogen-bond acceptors (Lipinski definition) is 2. The molecule has 0 bridgehead atoms. The van der Waals surface area contributed by atoms with Gasteiger partial charge in [-0.3, -0.25) is 0 Å². The summed E-state index contributed by atoms with van der Waals surface area (Å²) in [5.41, 5.74) is 8.10. The molecule has 0 amide bonds. The van der Waals surface area contributed by atoms with Crippen LogP contribution in [-0.2, 0) is 6.54 Å². The number of halogens is 1. The molecule has 86 valence electrons. The van der Waals surface area contributed by atoms with Crippen LogP contribution in [0.3, 0.4) is 0 Å². The minimum absolute atomic E-state index is 0.309. The maximum absolute atomic E-state index is 13.2. The number of anilines is 1. The summed E-state index contributed by atoms with van der Waals surface area (Å²) in [6, 6.07) is 4.53. The van der Waals surface area contributed by atoms with Crippen LogP contribution >= 0.6 is 0 Å². The van der Waals surface area contributed by atoms with Crippen LogP contribution in [0, 0.1) is 25.1 Å². The molecule has 0 atom stereocenters. The molecule has 0 saturated carbocycles. The van der Waals surface area contributed by atoms with Crippen molar-refractivity contribution in [1.82, 2.24) is 9.55 Å². The van der Waals surface area contributed by atoms with Gasteiger partial charge in [0.05, 0.1) is 12.9 Å². The van der Waals surface area contributed by atoms with E-state index in [1.54, 1.807) is 17.0 Å². The Morgan fingerprint density at radius 2 is 2.29 bits per heavy atom. The van der Waals surface area contributed by atoms with Gasteiger partial charge in [0.15, 0.2) is 0 Å². The van der Waals surface area contributed by atoms with E-state index in [-0.39, 0.29) is 5.82 Å². The maximum Gasteiger partial charge on any atom is 0.132 e. The molecule has 0 aliphatic carbocycles. The van der Waals surface area contributed by atoms with Gasteiger partial charge in [0.2, 0.25) is 0 Å². The number of aryl methyl sites for hydroxylation is 1. The third kappa shape index (κ3) is 2.00. The first-order chi connectivity index (χ1) is 8.13. The van der Waals surface area contributed by atoms with E-state index in [1.807, 2.05) is 6.92 Å². The Balaban J connectivity index is 2.54. The zero-order chi connectivity index (χ0) is 12.4. The predicted octanol–water partition coefficient (Wildman–Crippen LogP) is 2.21. The molecule has 0 spiro atoms. The second-order valence-electron chi connectivity index (χ2n) is 3.77. The van der Waals surface area contributed by atoms with E-state index in [0.717, 1.165) is 5.56 Å². The zero-order valence-electron chi connectivity index (χ0n) is 9.44. The quantitative estimate of drug-likeness (QED) is 0.802. The van der Waals surface area contributed by atoms with Crippen molar-refractivity contribution in [3.05, 3.63) is 35.9 Å². The van der Waals surface area contributed by atoms with Gasteiger partial charge in [0, 0.05) is 5.56 Å². The minimum Gasteiger partial charge on any atom is -0.383 e. The summed E-state index contributed by atoms with van der Waals surface area (Å²) >= 11 is 0. The minimum atomic E-state index is -0.309. The van der Waals surface area contributed by atoms with Crippen LogP contribution in [0.15, 0.2) is 24.5 Å². The molecule has 1 aromatic carbocycles. The van der Waals surface area contributed by atoms with Crippen molar-refractivity contribution in [1.29, 1.82) is 0 Å². The van der Waals surface area contributed by atoms with E-state index in [0.29, 0.717) is 23.6 Å². The highest BCUT2D eigenvalue weighted by Gasteiger charge is 2.12. The largest absolute Gasteiger partial charge is 0.383 e. The van der Waals surface area contributed by atoms with Gasteiger partial charge < -0.3 is 10.3 Å². The fourth-order valence-corrected chi connectivity index (χ4v) is 1.67. The van der Waals surface area contributed by atoms with E-state index >= 15 is 0 Å². The molecule has 0 radical (unpaired) electrons. The van der Waals surface area contributed by atoms with Gasteiger partial charge in [-0.15, -0.1) is 6.42 Å². The average Bonchev–Trinajstić information content (AvgIpc) is 2.65. The van der Waals surface area contributed by atoms with Crippen molar-refractivity contribution < 1.29 is 4.39 Å². The predicted molar refractivity (Wildman–Crippen MR) is 65.6 cm³/mol. The molecule has 0 aliphatic rings. The smallest absolute Gasteiger partial charge is 0.132 e. The number of hydrogen-bond donors (Lipinski definition) is 1. The van der Waals surface area contributed by atoms with Crippen molar-refractivity contribution in [2.75, 3.05) is 5.73 Å². The summed E-state index contributed by atoms with van der Waals surface area (Å²) in [6.45, 7) is 2.24. The van der Waals surface area contributed by atoms with Crippen LogP contribution in [0.5, 0.6) is 0 Å². The van der Waals surface area contributed by atoms with E-state index in [9.17, 15) is 4.39 Å². The summed E-state index contributed by atoms with van der Waals surface area (Å²) in [4.78, 5) is 4.18. The van der Waals surface area contributed by atoms with E-state index in [2.05, 4.69) is 10.9 Å². The summed E-state index contributed by atoms with van der Waals surface area (Å²) in [5, 5.41) is 0. The lowest BCUT2D eigenvalue weighted by Gasteiger charge is -2.05. The highest BCUT2D eigenvalue weighted by molar-refractivity contribution is 5.73. The lowest BCUT2D eigenvalue weighted by Crippen LogP contribution is -2.01. The Morgan fingerprint density at radius 3 is 3.00 bits per heavy atom. The molecule has 2 aromatic rings. The van der Waals surface area contributed by atoms with Crippen LogP contribution in [0.2, 0.25) is 0 Å². The van der Waals surface area contributed by atoms with Gasteiger partial charge in [-0.25, -0.2) is 9.37 Å². The van der Waals surface area contributed by atoms with Crippen molar-refractivity contribution >= 4 is 5.82 Å². The highest BCUT2D eigenvalue weighted by atomic mass is 19.1. The van der Waals surface area contributed by atoms with Gasteiger partial charge in [-0.05, 0) is 24.6 Å². The second-order valence-corrected chi connectivity index (χ2v) is 3.77. The molecule has 2 rings (SSSR count). The first-order valence-electron chi connectivity index (χ1n) is 5.14. The number of nitrogens with two attached hydrogens (primary N) is 1. The van der Waals surface area contributed by atoms with Crippen molar-refractivity contribution in [3.63, 3.8) is 0 Å². The van der Waals surface area contributed by atoms with Crippen LogP contribution in [0.1, 0.15) is 5.56 Å². The van der Waals surface area contributed by atoms with Crippen LogP contribution in [0.25, 0.3) is 11.3 Å². The SMILES string of the molecule is C#CCn1cnc(-c2cc(F)ccc2C)c1N. The lowest BCUT2D eigenvalue weighted by molar-refractivity contribution is 0.628. The molecule has 1 aromatic heterocycles. The Bertz CT molecular complexity index is 593. The Hall–Kier alpha value is -2.28. The number of imidazole rings is 1. The topological polar surface area (TPSA) is 43.8 Å². The van der Waals surface area contributed by atoms with E-state index in [4.69, 9.17) is 12.2 Å². The summed E-state index contributed by atoms with van der Waals surface area (Å²) in [5.74, 6) is 2.63. The van der Waals surface area contributed by atoms with Crippen LogP contribution in [-0.4, -0.2) is 9.55 Å². The fourth-order valence-electron chi connectivity index (χ4n) is 1.67. The lowest BCUT2D eigenvalue weighted by atomic mass is 10.1. The summed E-state index contributed by atoms with van der Waals surface area (Å²) < 4.78 is 14.9. The summed E-state index contributed by atoms with van der Waals surface area (Å²) in [7, 11) is 0. The molecular weight excluding hydrogens is 217 g/mol. The Labute approximate surface area is 99.1 Å². The maximum atomic E-state index is 13.2. The normalized spacial score (nSPS) is 10.2. The molecule has 0 fully saturated rings. The number of aromatic nitrogens is 2. The number of rotatable bonds is 2. The first-order valence-corrected chi connectivity index (χ1v) is 5.14. The number of nitrogens with zero attached hydrogens (tertiary/aromatic N) is 2. The van der Waals surface area contributed by atoms with Crippen molar-refractivity contribution in [3.8, 4) is 23.6 Å². The van der Waals surface area contributed by atoms with Crippen molar-refractivity contribution in [2.45, 2.75) is 13.5 Å². The molecule has 4 heteroatoms. The fraction of sp³-hybridized carbons (Fsp3) is 0.154. The monoisotopic (exact) mass is 229 g/mol. The molecule has 0 aliphatic heterocycles. The molecule has 2 N–H and O–H groups in total. The molecule has 0 saturated heterocycles. The number of terminal acetylenes is 1. The molecule has 0 unspecified atom stereocenters. The average molecular weight is 229 g/mol.